The molecule has 1 aliphatic carbocycles. The van der Waals surface area contributed by atoms with Crippen LogP contribution >= 0.6 is 0 Å². The first-order valence-electron chi connectivity index (χ1n) is 10.2. The number of aromatic nitrogens is 5. The van der Waals surface area contributed by atoms with Crippen molar-refractivity contribution < 1.29 is 0 Å². The molecule has 1 saturated heterocycles. The lowest BCUT2D eigenvalue weighted by Crippen LogP contribution is -2.27. The van der Waals surface area contributed by atoms with E-state index in [1.807, 2.05) is 29.2 Å². The first-order valence-corrected chi connectivity index (χ1v) is 10.2. The molecule has 7 nitrogen and oxygen atoms in total. The van der Waals surface area contributed by atoms with E-state index in [-0.39, 0.29) is 5.41 Å². The molecule has 1 aliphatic heterocycles. The summed E-state index contributed by atoms with van der Waals surface area (Å²) in [6, 6.07) is 4.50. The van der Waals surface area contributed by atoms with Crippen molar-refractivity contribution in [2.75, 3.05) is 23.3 Å². The second kappa shape index (κ2) is 6.43. The SMILES string of the molecule is CC(C)(C)c1cc2c(N3CCC(Nc4ccnc(C5CC5)n4)C3)nccn2n1. The largest absolute Gasteiger partial charge is 0.365 e. The van der Waals surface area contributed by atoms with Crippen molar-refractivity contribution in [3.63, 3.8) is 0 Å². The molecular weight excluding hydrogens is 350 g/mol. The van der Waals surface area contributed by atoms with Crippen LogP contribution in [0.1, 0.15) is 57.5 Å². The van der Waals surface area contributed by atoms with Gasteiger partial charge in [0.15, 0.2) is 5.82 Å². The van der Waals surface area contributed by atoms with Crippen LogP contribution in [0.3, 0.4) is 0 Å². The predicted octanol–water partition coefficient (Wildman–Crippen LogP) is 3.39. The average Bonchev–Trinajstić information content (AvgIpc) is 3.24. The van der Waals surface area contributed by atoms with Crippen LogP contribution < -0.4 is 10.2 Å². The van der Waals surface area contributed by atoms with Crippen LogP contribution in [0.25, 0.3) is 5.52 Å². The van der Waals surface area contributed by atoms with E-state index in [9.17, 15) is 0 Å². The molecule has 2 fully saturated rings. The summed E-state index contributed by atoms with van der Waals surface area (Å²) in [6.07, 6.45) is 9.15. The summed E-state index contributed by atoms with van der Waals surface area (Å²) in [5.74, 6) is 3.51. The molecule has 0 aromatic carbocycles. The Balaban J connectivity index is 1.34. The highest BCUT2D eigenvalue weighted by Gasteiger charge is 2.29. The average molecular weight is 377 g/mol. The Hall–Kier alpha value is -2.70. The topological polar surface area (TPSA) is 71.2 Å². The second-order valence-corrected chi connectivity index (χ2v) is 9.01. The van der Waals surface area contributed by atoms with Crippen LogP contribution in [0.2, 0.25) is 0 Å². The van der Waals surface area contributed by atoms with Crippen LogP contribution in [0.15, 0.2) is 30.7 Å². The van der Waals surface area contributed by atoms with Crippen LogP contribution in [-0.2, 0) is 5.41 Å². The fourth-order valence-corrected chi connectivity index (χ4v) is 3.79. The number of anilines is 2. The molecule has 4 heterocycles. The van der Waals surface area contributed by atoms with Gasteiger partial charge >= 0.3 is 0 Å². The van der Waals surface area contributed by atoms with Gasteiger partial charge in [-0.3, -0.25) is 0 Å². The zero-order chi connectivity index (χ0) is 19.3. The number of nitrogens with one attached hydrogen (secondary N) is 1. The number of hydrogen-bond acceptors (Lipinski definition) is 6. The van der Waals surface area contributed by atoms with Crippen molar-refractivity contribution in [2.45, 2.75) is 57.4 Å². The molecule has 1 atom stereocenters. The summed E-state index contributed by atoms with van der Waals surface area (Å²) in [6.45, 7) is 8.45. The first kappa shape index (κ1) is 17.4. The van der Waals surface area contributed by atoms with E-state index in [4.69, 9.17) is 10.1 Å². The highest BCUT2D eigenvalue weighted by Crippen LogP contribution is 2.38. The lowest BCUT2D eigenvalue weighted by molar-refractivity contribution is 0.562. The van der Waals surface area contributed by atoms with Gasteiger partial charge in [0, 0.05) is 49.1 Å². The summed E-state index contributed by atoms with van der Waals surface area (Å²) >= 11 is 0. The van der Waals surface area contributed by atoms with Crippen molar-refractivity contribution in [1.29, 1.82) is 0 Å². The molecule has 0 radical (unpaired) electrons. The van der Waals surface area contributed by atoms with Gasteiger partial charge in [0.1, 0.15) is 17.2 Å². The lowest BCUT2D eigenvalue weighted by atomic mass is 9.92. The van der Waals surface area contributed by atoms with Crippen molar-refractivity contribution in [3.8, 4) is 0 Å². The Kier molecular flexibility index (Phi) is 4.00. The van der Waals surface area contributed by atoms with Gasteiger partial charge in [-0.2, -0.15) is 5.10 Å². The van der Waals surface area contributed by atoms with Crippen LogP contribution in [-0.4, -0.2) is 43.7 Å². The van der Waals surface area contributed by atoms with Crippen LogP contribution in [0, 0.1) is 0 Å². The molecule has 7 heteroatoms. The number of hydrogen-bond donors (Lipinski definition) is 1. The quantitative estimate of drug-likeness (QED) is 0.751. The molecule has 0 bridgehead atoms. The van der Waals surface area contributed by atoms with E-state index in [1.165, 1.54) is 12.8 Å². The lowest BCUT2D eigenvalue weighted by Gasteiger charge is -2.19. The second-order valence-electron chi connectivity index (χ2n) is 9.01. The van der Waals surface area contributed by atoms with E-state index in [1.54, 1.807) is 0 Å². The monoisotopic (exact) mass is 377 g/mol. The highest BCUT2D eigenvalue weighted by molar-refractivity contribution is 5.70. The summed E-state index contributed by atoms with van der Waals surface area (Å²) < 4.78 is 1.95. The van der Waals surface area contributed by atoms with Crippen molar-refractivity contribution in [2.24, 2.45) is 0 Å². The molecule has 3 aromatic rings. The molecular formula is C21H27N7. The van der Waals surface area contributed by atoms with E-state index in [0.717, 1.165) is 48.2 Å². The van der Waals surface area contributed by atoms with Gasteiger partial charge < -0.3 is 10.2 Å². The maximum absolute atomic E-state index is 4.75. The molecule has 146 valence electrons. The minimum atomic E-state index is 0.0185. The Bertz CT molecular complexity index is 999. The predicted molar refractivity (Wildman–Crippen MR) is 110 cm³/mol. The smallest absolute Gasteiger partial charge is 0.154 e. The van der Waals surface area contributed by atoms with Gasteiger partial charge in [0.25, 0.3) is 0 Å². The zero-order valence-corrected chi connectivity index (χ0v) is 16.8. The first-order chi connectivity index (χ1) is 13.5. The highest BCUT2D eigenvalue weighted by atomic mass is 15.3. The van der Waals surface area contributed by atoms with Gasteiger partial charge in [-0.25, -0.2) is 19.5 Å². The van der Waals surface area contributed by atoms with Crippen molar-refractivity contribution in [3.05, 3.63) is 42.2 Å². The summed E-state index contributed by atoms with van der Waals surface area (Å²) in [4.78, 5) is 16.2. The number of nitrogens with zero attached hydrogens (tertiary/aromatic N) is 6. The van der Waals surface area contributed by atoms with Gasteiger partial charge in [-0.1, -0.05) is 20.8 Å². The molecule has 1 N–H and O–H groups in total. The summed E-state index contributed by atoms with van der Waals surface area (Å²) in [5.41, 5.74) is 2.18. The van der Waals surface area contributed by atoms with Crippen LogP contribution in [0.5, 0.6) is 0 Å². The van der Waals surface area contributed by atoms with E-state index >= 15 is 0 Å². The zero-order valence-electron chi connectivity index (χ0n) is 16.8. The Morgan fingerprint density at radius 1 is 1.11 bits per heavy atom. The molecule has 1 unspecified atom stereocenters. The van der Waals surface area contributed by atoms with Crippen molar-refractivity contribution in [1.82, 2.24) is 24.6 Å². The van der Waals surface area contributed by atoms with E-state index in [2.05, 4.69) is 47.0 Å². The maximum atomic E-state index is 4.75. The third-order valence-electron chi connectivity index (χ3n) is 5.59. The third kappa shape index (κ3) is 3.30. The summed E-state index contributed by atoms with van der Waals surface area (Å²) in [5, 5.41) is 8.35. The molecule has 28 heavy (non-hydrogen) atoms. The van der Waals surface area contributed by atoms with Gasteiger partial charge in [-0.15, -0.1) is 0 Å². The Labute approximate surface area is 165 Å². The third-order valence-corrected chi connectivity index (χ3v) is 5.59. The van der Waals surface area contributed by atoms with Crippen LogP contribution in [0.4, 0.5) is 11.6 Å². The molecule has 0 amide bonds. The number of fused-ring (bicyclic) bond motifs is 1. The molecule has 2 aliphatic rings. The minimum Gasteiger partial charge on any atom is -0.365 e. The maximum Gasteiger partial charge on any atom is 0.154 e. The molecule has 5 rings (SSSR count). The Morgan fingerprint density at radius 3 is 2.75 bits per heavy atom. The number of rotatable bonds is 4. The van der Waals surface area contributed by atoms with Gasteiger partial charge in [-0.05, 0) is 31.4 Å². The molecule has 0 spiro atoms. The summed E-state index contributed by atoms with van der Waals surface area (Å²) in [7, 11) is 0. The molecule has 3 aromatic heterocycles. The Morgan fingerprint density at radius 2 is 1.96 bits per heavy atom. The minimum absolute atomic E-state index is 0.0185. The fraction of sp³-hybridized carbons (Fsp3) is 0.524. The molecule has 1 saturated carbocycles. The van der Waals surface area contributed by atoms with E-state index < -0.39 is 0 Å². The van der Waals surface area contributed by atoms with Gasteiger partial charge in [0.2, 0.25) is 0 Å². The van der Waals surface area contributed by atoms with Crippen molar-refractivity contribution >= 4 is 17.2 Å². The standard InChI is InChI=1S/C21H27N7/c1-21(2,3)17-12-16-20(23-9-11-28(16)26-17)27-10-7-15(13-27)24-18-6-8-22-19(25-18)14-4-5-14/h6,8-9,11-12,14-15H,4-5,7,10,13H2,1-3H3,(H,22,24,25). The van der Waals surface area contributed by atoms with E-state index in [0.29, 0.717) is 12.0 Å². The normalized spacial score (nSPS) is 20.1. The van der Waals surface area contributed by atoms with Gasteiger partial charge in [0.05, 0.1) is 5.69 Å². The fourth-order valence-electron chi connectivity index (χ4n) is 3.79.